The Bertz CT molecular complexity index is 809. The van der Waals surface area contributed by atoms with Crippen molar-refractivity contribution in [1.82, 2.24) is 15.2 Å². The number of likely N-dealkylation sites (N-methyl/N-ethyl adjacent to an activating group) is 1. The Morgan fingerprint density at radius 2 is 1.85 bits per heavy atom. The number of benzene rings is 1. The van der Waals surface area contributed by atoms with Crippen molar-refractivity contribution in [3.8, 4) is 0 Å². The van der Waals surface area contributed by atoms with Gasteiger partial charge in [-0.05, 0) is 29.8 Å². The highest BCUT2D eigenvalue weighted by Crippen LogP contribution is 2.19. The molecule has 2 heterocycles. The predicted molar refractivity (Wildman–Crippen MR) is 96.3 cm³/mol. The molecule has 0 radical (unpaired) electrons. The molecular formula is C20H19N3O3. The second-order valence-corrected chi connectivity index (χ2v) is 5.80. The number of nitrogens with zero attached hydrogens (tertiary/aromatic N) is 2. The second-order valence-electron chi connectivity index (χ2n) is 5.80. The van der Waals surface area contributed by atoms with Crippen molar-refractivity contribution in [2.75, 3.05) is 13.6 Å². The summed E-state index contributed by atoms with van der Waals surface area (Å²) in [5.74, 6) is -0.434. The fraction of sp³-hybridized carbons (Fsp3) is 0.150. The molecule has 6 nitrogen and oxygen atoms in total. The lowest BCUT2D eigenvalue weighted by atomic mass is 10.0. The number of hydrogen-bond acceptors (Lipinski definition) is 4. The van der Waals surface area contributed by atoms with Crippen LogP contribution in [0.15, 0.2) is 77.5 Å². The van der Waals surface area contributed by atoms with E-state index in [4.69, 9.17) is 4.42 Å². The van der Waals surface area contributed by atoms with E-state index in [0.717, 1.165) is 11.3 Å². The van der Waals surface area contributed by atoms with Gasteiger partial charge < -0.3 is 14.6 Å². The van der Waals surface area contributed by atoms with Crippen molar-refractivity contribution in [2.24, 2.45) is 0 Å². The van der Waals surface area contributed by atoms with Gasteiger partial charge in [-0.3, -0.25) is 14.6 Å². The van der Waals surface area contributed by atoms with Gasteiger partial charge in [0.2, 0.25) is 5.91 Å². The zero-order chi connectivity index (χ0) is 18.4. The van der Waals surface area contributed by atoms with E-state index >= 15 is 0 Å². The highest BCUT2D eigenvalue weighted by Gasteiger charge is 2.21. The smallest absolute Gasteiger partial charge is 0.289 e. The fourth-order valence-corrected chi connectivity index (χ4v) is 2.60. The zero-order valence-corrected chi connectivity index (χ0v) is 14.3. The van der Waals surface area contributed by atoms with Gasteiger partial charge >= 0.3 is 0 Å². The number of pyridine rings is 1. The van der Waals surface area contributed by atoms with Gasteiger partial charge in [0.05, 0.1) is 24.5 Å². The maximum atomic E-state index is 12.5. The molecule has 0 bridgehead atoms. The summed E-state index contributed by atoms with van der Waals surface area (Å²) in [6.45, 7) is -0.0876. The maximum Gasteiger partial charge on any atom is 0.289 e. The highest BCUT2D eigenvalue weighted by atomic mass is 16.3. The Morgan fingerprint density at radius 1 is 1.08 bits per heavy atom. The van der Waals surface area contributed by atoms with Crippen LogP contribution in [0, 0.1) is 0 Å². The molecule has 2 aromatic heterocycles. The van der Waals surface area contributed by atoms with Crippen LogP contribution in [0.2, 0.25) is 0 Å². The van der Waals surface area contributed by atoms with Crippen molar-refractivity contribution < 1.29 is 14.0 Å². The summed E-state index contributed by atoms with van der Waals surface area (Å²) in [6.07, 6.45) is 3.11. The summed E-state index contributed by atoms with van der Waals surface area (Å²) in [5.41, 5.74) is 1.65. The van der Waals surface area contributed by atoms with Crippen molar-refractivity contribution >= 4 is 11.8 Å². The molecule has 1 N–H and O–H groups in total. The standard InChI is InChI=1S/C20H19N3O3/c1-23(20(25)17-11-7-13-26-17)14-18(24)22-19(15-8-3-2-4-9-15)16-10-5-6-12-21-16/h2-13,19H,14H2,1H3,(H,22,24). The lowest BCUT2D eigenvalue weighted by Gasteiger charge is -2.21. The van der Waals surface area contributed by atoms with E-state index in [-0.39, 0.29) is 24.1 Å². The van der Waals surface area contributed by atoms with Crippen LogP contribution in [0.3, 0.4) is 0 Å². The molecule has 0 fully saturated rings. The molecule has 0 aliphatic heterocycles. The van der Waals surface area contributed by atoms with E-state index in [9.17, 15) is 9.59 Å². The minimum Gasteiger partial charge on any atom is -0.459 e. The largest absolute Gasteiger partial charge is 0.459 e. The molecule has 0 saturated heterocycles. The first-order valence-electron chi connectivity index (χ1n) is 8.19. The first-order chi connectivity index (χ1) is 12.6. The summed E-state index contributed by atoms with van der Waals surface area (Å²) in [7, 11) is 1.56. The van der Waals surface area contributed by atoms with E-state index in [1.165, 1.54) is 11.2 Å². The maximum absolute atomic E-state index is 12.5. The Balaban J connectivity index is 1.72. The van der Waals surface area contributed by atoms with Gasteiger partial charge in [0, 0.05) is 13.2 Å². The summed E-state index contributed by atoms with van der Waals surface area (Å²) >= 11 is 0. The quantitative estimate of drug-likeness (QED) is 0.742. The Labute approximate surface area is 151 Å². The molecule has 132 valence electrons. The van der Waals surface area contributed by atoms with Crippen molar-refractivity contribution in [2.45, 2.75) is 6.04 Å². The average molecular weight is 349 g/mol. The fourth-order valence-electron chi connectivity index (χ4n) is 2.60. The van der Waals surface area contributed by atoms with E-state index in [0.29, 0.717) is 0 Å². The third-order valence-electron chi connectivity index (χ3n) is 3.88. The summed E-state index contributed by atoms with van der Waals surface area (Å²) in [5, 5.41) is 2.95. The van der Waals surface area contributed by atoms with Crippen LogP contribution >= 0.6 is 0 Å². The third-order valence-corrected chi connectivity index (χ3v) is 3.88. The SMILES string of the molecule is CN(CC(=O)NC(c1ccccc1)c1ccccn1)C(=O)c1ccco1. The molecule has 0 saturated carbocycles. The molecule has 3 aromatic rings. The Hall–Kier alpha value is -3.41. The van der Waals surface area contributed by atoms with Crippen LogP contribution in [-0.2, 0) is 4.79 Å². The monoisotopic (exact) mass is 349 g/mol. The Morgan fingerprint density at radius 3 is 2.50 bits per heavy atom. The number of hydrogen-bond donors (Lipinski definition) is 1. The summed E-state index contributed by atoms with van der Waals surface area (Å²) in [6, 6.07) is 17.9. The van der Waals surface area contributed by atoms with E-state index in [1.807, 2.05) is 48.5 Å². The molecule has 6 heteroatoms. The van der Waals surface area contributed by atoms with Crippen LogP contribution in [0.1, 0.15) is 27.9 Å². The van der Waals surface area contributed by atoms with Gasteiger partial charge in [0.1, 0.15) is 0 Å². The van der Waals surface area contributed by atoms with Crippen LogP contribution in [0.25, 0.3) is 0 Å². The number of aromatic nitrogens is 1. The lowest BCUT2D eigenvalue weighted by molar-refractivity contribution is -0.122. The highest BCUT2D eigenvalue weighted by molar-refractivity contribution is 5.94. The lowest BCUT2D eigenvalue weighted by Crippen LogP contribution is -2.40. The zero-order valence-electron chi connectivity index (χ0n) is 14.3. The van der Waals surface area contributed by atoms with Crippen LogP contribution in [-0.4, -0.2) is 35.3 Å². The van der Waals surface area contributed by atoms with Gasteiger partial charge in [-0.25, -0.2) is 0 Å². The molecule has 1 atom stereocenters. The second kappa shape index (κ2) is 8.11. The normalized spacial score (nSPS) is 11.6. The molecule has 0 spiro atoms. The number of nitrogens with one attached hydrogen (secondary N) is 1. The average Bonchev–Trinajstić information content (AvgIpc) is 3.21. The molecule has 26 heavy (non-hydrogen) atoms. The van der Waals surface area contributed by atoms with Crippen molar-refractivity contribution in [3.05, 3.63) is 90.1 Å². The predicted octanol–water partition coefficient (Wildman–Crippen LogP) is 2.65. The number of amides is 2. The number of carbonyl (C=O) groups is 2. The van der Waals surface area contributed by atoms with Crippen LogP contribution in [0.4, 0.5) is 0 Å². The number of furan rings is 1. The minimum absolute atomic E-state index is 0.0876. The van der Waals surface area contributed by atoms with Gasteiger partial charge in [-0.15, -0.1) is 0 Å². The number of rotatable bonds is 6. The topological polar surface area (TPSA) is 75.4 Å². The summed E-state index contributed by atoms with van der Waals surface area (Å²) < 4.78 is 5.08. The first kappa shape index (κ1) is 17.4. The van der Waals surface area contributed by atoms with Gasteiger partial charge in [-0.2, -0.15) is 0 Å². The molecule has 1 unspecified atom stereocenters. The molecule has 1 aromatic carbocycles. The van der Waals surface area contributed by atoms with E-state index < -0.39 is 6.04 Å². The van der Waals surface area contributed by atoms with Gasteiger partial charge in [0.15, 0.2) is 5.76 Å². The Kier molecular flexibility index (Phi) is 5.43. The van der Waals surface area contributed by atoms with E-state index in [1.54, 1.807) is 25.4 Å². The third kappa shape index (κ3) is 4.16. The first-order valence-corrected chi connectivity index (χ1v) is 8.19. The van der Waals surface area contributed by atoms with Crippen LogP contribution in [0.5, 0.6) is 0 Å². The number of carbonyl (C=O) groups excluding carboxylic acids is 2. The van der Waals surface area contributed by atoms with Crippen molar-refractivity contribution in [1.29, 1.82) is 0 Å². The molecular weight excluding hydrogens is 330 g/mol. The molecule has 0 aliphatic rings. The molecule has 3 rings (SSSR count). The van der Waals surface area contributed by atoms with E-state index in [2.05, 4.69) is 10.3 Å². The van der Waals surface area contributed by atoms with Gasteiger partial charge in [-0.1, -0.05) is 36.4 Å². The minimum atomic E-state index is -0.392. The van der Waals surface area contributed by atoms with Crippen LogP contribution < -0.4 is 5.32 Å². The molecule has 0 aliphatic carbocycles. The molecule has 2 amide bonds. The van der Waals surface area contributed by atoms with Gasteiger partial charge in [0.25, 0.3) is 5.91 Å². The summed E-state index contributed by atoms with van der Waals surface area (Å²) in [4.78, 5) is 30.4. The van der Waals surface area contributed by atoms with Crippen molar-refractivity contribution in [3.63, 3.8) is 0 Å².